The van der Waals surface area contributed by atoms with E-state index in [4.69, 9.17) is 4.74 Å². The first-order valence-electron chi connectivity index (χ1n) is 8.88. The van der Waals surface area contributed by atoms with Crippen molar-refractivity contribution < 1.29 is 13.2 Å². The molecule has 8 nitrogen and oxygen atoms in total. The minimum absolute atomic E-state index is 0.0431. The van der Waals surface area contributed by atoms with Crippen LogP contribution in [0.2, 0.25) is 0 Å². The van der Waals surface area contributed by atoms with Crippen LogP contribution in [-0.4, -0.2) is 57.8 Å². The van der Waals surface area contributed by atoms with Crippen LogP contribution in [-0.2, 0) is 9.84 Å². The van der Waals surface area contributed by atoms with Gasteiger partial charge in [0.25, 0.3) is 0 Å². The lowest BCUT2D eigenvalue weighted by atomic mass is 10.0. The summed E-state index contributed by atoms with van der Waals surface area (Å²) in [4.78, 5) is 2.48. The molecular weight excluding hydrogens is 354 g/mol. The van der Waals surface area contributed by atoms with Crippen LogP contribution in [0.15, 0.2) is 23.2 Å². The summed E-state index contributed by atoms with van der Waals surface area (Å²) in [6.07, 6.45) is 5.30. The molecule has 0 aromatic carbocycles. The first-order chi connectivity index (χ1) is 12.4. The average molecular weight is 377 g/mol. The molecule has 9 heteroatoms. The van der Waals surface area contributed by atoms with E-state index in [0.29, 0.717) is 22.2 Å². The SMILES string of the molecule is Cc1n[nH]c(C)c1S(=O)(=O)CN1[C@@H]2CC[C@H]1CC(Oc1cccnn1)C2. The van der Waals surface area contributed by atoms with Gasteiger partial charge in [0, 0.05) is 24.3 Å². The van der Waals surface area contributed by atoms with Gasteiger partial charge in [-0.3, -0.25) is 10.00 Å². The Morgan fingerprint density at radius 1 is 1.27 bits per heavy atom. The number of aromatic amines is 1. The highest BCUT2D eigenvalue weighted by atomic mass is 32.2. The second-order valence-electron chi connectivity index (χ2n) is 7.18. The Morgan fingerprint density at radius 2 is 2.00 bits per heavy atom. The first-order valence-corrected chi connectivity index (χ1v) is 10.5. The van der Waals surface area contributed by atoms with E-state index in [-0.39, 0.29) is 24.1 Å². The van der Waals surface area contributed by atoms with Crippen molar-refractivity contribution >= 4 is 9.84 Å². The smallest absolute Gasteiger partial charge is 0.233 e. The fourth-order valence-electron chi connectivity index (χ4n) is 4.31. The molecule has 140 valence electrons. The zero-order valence-corrected chi connectivity index (χ0v) is 15.7. The average Bonchev–Trinajstić information content (AvgIpc) is 3.04. The van der Waals surface area contributed by atoms with E-state index in [1.54, 1.807) is 32.2 Å². The molecule has 2 aliphatic heterocycles. The van der Waals surface area contributed by atoms with Crippen LogP contribution >= 0.6 is 0 Å². The van der Waals surface area contributed by atoms with Crippen molar-refractivity contribution in [2.24, 2.45) is 0 Å². The molecule has 2 bridgehead atoms. The van der Waals surface area contributed by atoms with Crippen LogP contribution in [0.4, 0.5) is 0 Å². The van der Waals surface area contributed by atoms with Gasteiger partial charge in [-0.25, -0.2) is 8.42 Å². The maximum atomic E-state index is 12.9. The Labute approximate surface area is 152 Å². The molecule has 4 heterocycles. The van der Waals surface area contributed by atoms with Gasteiger partial charge >= 0.3 is 0 Å². The highest BCUT2D eigenvalue weighted by molar-refractivity contribution is 7.91. The second kappa shape index (κ2) is 6.62. The molecule has 0 aliphatic carbocycles. The molecule has 2 aromatic heterocycles. The van der Waals surface area contributed by atoms with E-state index in [0.717, 1.165) is 25.7 Å². The fraction of sp³-hybridized carbons (Fsp3) is 0.588. The highest BCUT2D eigenvalue weighted by Gasteiger charge is 2.44. The van der Waals surface area contributed by atoms with Gasteiger partial charge in [0.15, 0.2) is 9.84 Å². The molecule has 1 unspecified atom stereocenters. The Kier molecular flexibility index (Phi) is 4.44. The first kappa shape index (κ1) is 17.4. The van der Waals surface area contributed by atoms with Gasteiger partial charge in [-0.15, -0.1) is 5.10 Å². The van der Waals surface area contributed by atoms with Crippen molar-refractivity contribution in [1.82, 2.24) is 25.3 Å². The number of piperidine rings is 1. The third-order valence-corrected chi connectivity index (χ3v) is 7.23. The number of hydrogen-bond acceptors (Lipinski definition) is 7. The van der Waals surface area contributed by atoms with Gasteiger partial charge < -0.3 is 4.74 Å². The molecular formula is C17H23N5O3S. The molecule has 3 atom stereocenters. The maximum absolute atomic E-state index is 12.9. The standard InChI is InChI=1S/C17H23N5O3S/c1-11-17(12(2)20-19-11)26(23,24)10-22-13-5-6-14(22)9-15(8-13)25-16-4-3-7-18-21-16/h3-4,7,13-15H,5-6,8-10H2,1-2H3,(H,19,20)/t13-,14+,15?. The van der Waals surface area contributed by atoms with Gasteiger partial charge in [-0.2, -0.15) is 10.2 Å². The van der Waals surface area contributed by atoms with Gasteiger partial charge in [0.1, 0.15) is 16.9 Å². The fourth-order valence-corrected chi connectivity index (χ4v) is 6.26. The summed E-state index contributed by atoms with van der Waals surface area (Å²) in [5.41, 5.74) is 1.14. The molecule has 0 radical (unpaired) electrons. The summed E-state index contributed by atoms with van der Waals surface area (Å²) in [6.45, 7) is 3.48. The number of fused-ring (bicyclic) bond motifs is 2. The molecule has 0 saturated carbocycles. The monoisotopic (exact) mass is 377 g/mol. The minimum Gasteiger partial charge on any atom is -0.473 e. The molecule has 2 fully saturated rings. The van der Waals surface area contributed by atoms with Crippen molar-refractivity contribution in [3.8, 4) is 5.88 Å². The Morgan fingerprint density at radius 3 is 2.58 bits per heavy atom. The molecule has 4 rings (SSSR count). The number of aryl methyl sites for hydroxylation is 2. The van der Waals surface area contributed by atoms with E-state index in [1.807, 2.05) is 0 Å². The van der Waals surface area contributed by atoms with E-state index in [2.05, 4.69) is 25.3 Å². The molecule has 0 spiro atoms. The summed E-state index contributed by atoms with van der Waals surface area (Å²) < 4.78 is 31.8. The molecule has 1 N–H and O–H groups in total. The van der Waals surface area contributed by atoms with Gasteiger partial charge in [0.2, 0.25) is 5.88 Å². The van der Waals surface area contributed by atoms with E-state index in [1.165, 1.54) is 0 Å². The van der Waals surface area contributed by atoms with Gasteiger partial charge in [-0.1, -0.05) is 0 Å². The number of nitrogens with zero attached hydrogens (tertiary/aromatic N) is 4. The lowest BCUT2D eigenvalue weighted by Gasteiger charge is -2.38. The lowest BCUT2D eigenvalue weighted by molar-refractivity contribution is 0.0575. The zero-order valence-electron chi connectivity index (χ0n) is 14.9. The second-order valence-corrected chi connectivity index (χ2v) is 9.08. The summed E-state index contributed by atoms with van der Waals surface area (Å²) in [5.74, 6) is 0.573. The predicted octanol–water partition coefficient (Wildman–Crippen LogP) is 1.62. The van der Waals surface area contributed by atoms with Crippen molar-refractivity contribution in [3.63, 3.8) is 0 Å². The maximum Gasteiger partial charge on any atom is 0.233 e. The Balaban J connectivity index is 1.47. The van der Waals surface area contributed by atoms with Crippen molar-refractivity contribution in [1.29, 1.82) is 0 Å². The molecule has 2 aliphatic rings. The minimum atomic E-state index is -3.41. The number of H-pyrrole nitrogens is 1. The molecule has 26 heavy (non-hydrogen) atoms. The number of aromatic nitrogens is 4. The molecule has 2 saturated heterocycles. The van der Waals surface area contributed by atoms with Crippen LogP contribution < -0.4 is 4.74 Å². The number of rotatable bonds is 5. The summed E-state index contributed by atoms with van der Waals surface area (Å²) >= 11 is 0. The van der Waals surface area contributed by atoms with E-state index < -0.39 is 9.84 Å². The highest BCUT2D eigenvalue weighted by Crippen LogP contribution is 2.38. The van der Waals surface area contributed by atoms with Crippen molar-refractivity contribution in [2.75, 3.05) is 5.88 Å². The molecule has 0 amide bonds. The summed E-state index contributed by atoms with van der Waals surface area (Å²) in [6, 6.07) is 4.04. The largest absolute Gasteiger partial charge is 0.473 e. The summed E-state index contributed by atoms with van der Waals surface area (Å²) in [7, 11) is -3.41. The third kappa shape index (κ3) is 3.21. The van der Waals surface area contributed by atoms with Crippen LogP contribution in [0.3, 0.4) is 0 Å². The van der Waals surface area contributed by atoms with Crippen LogP contribution in [0.1, 0.15) is 37.1 Å². The Bertz CT molecular complexity index is 850. The summed E-state index contributed by atoms with van der Waals surface area (Å²) in [5, 5.41) is 14.6. The van der Waals surface area contributed by atoms with Crippen LogP contribution in [0.25, 0.3) is 0 Å². The number of ether oxygens (including phenoxy) is 1. The Hall–Kier alpha value is -2.00. The normalized spacial score (nSPS) is 26.2. The number of hydrogen-bond donors (Lipinski definition) is 1. The van der Waals surface area contributed by atoms with Crippen LogP contribution in [0, 0.1) is 13.8 Å². The predicted molar refractivity (Wildman–Crippen MR) is 94.4 cm³/mol. The quantitative estimate of drug-likeness (QED) is 0.845. The third-order valence-electron chi connectivity index (χ3n) is 5.37. The number of sulfone groups is 1. The van der Waals surface area contributed by atoms with E-state index in [9.17, 15) is 8.42 Å². The van der Waals surface area contributed by atoms with Gasteiger partial charge in [0.05, 0.1) is 11.4 Å². The topological polar surface area (TPSA) is 101 Å². The zero-order chi connectivity index (χ0) is 18.3. The van der Waals surface area contributed by atoms with Crippen LogP contribution in [0.5, 0.6) is 5.88 Å². The van der Waals surface area contributed by atoms with Crippen molar-refractivity contribution in [2.45, 2.75) is 62.6 Å². The van der Waals surface area contributed by atoms with E-state index >= 15 is 0 Å². The van der Waals surface area contributed by atoms with Gasteiger partial charge in [-0.05, 0) is 45.6 Å². The number of nitrogens with one attached hydrogen (secondary N) is 1. The lowest BCUT2D eigenvalue weighted by Crippen LogP contribution is -2.48. The van der Waals surface area contributed by atoms with Crippen molar-refractivity contribution in [3.05, 3.63) is 29.7 Å². The molecule has 2 aromatic rings.